The van der Waals surface area contributed by atoms with Crippen LogP contribution < -0.4 is 10.1 Å². The lowest BCUT2D eigenvalue weighted by molar-refractivity contribution is 0.481. The Bertz CT molecular complexity index is 1080. The van der Waals surface area contributed by atoms with Gasteiger partial charge in [0, 0.05) is 39.8 Å². The van der Waals surface area contributed by atoms with Crippen molar-refractivity contribution in [1.29, 1.82) is 0 Å². The molecule has 0 bridgehead atoms. The molecule has 0 radical (unpaired) electrons. The van der Waals surface area contributed by atoms with Crippen LogP contribution in [0.2, 0.25) is 0 Å². The van der Waals surface area contributed by atoms with Gasteiger partial charge in [-0.05, 0) is 30.2 Å². The minimum atomic E-state index is 0. The Morgan fingerprint density at radius 1 is 1.00 bits per heavy atom. The molecule has 0 aliphatic rings. The summed E-state index contributed by atoms with van der Waals surface area (Å²) < 4.78 is 6.14. The molecule has 0 aliphatic heterocycles. The Kier molecular flexibility index (Phi) is 9.58. The maximum Gasteiger partial charge on any atom is 0.188 e. The highest BCUT2D eigenvalue weighted by atomic mass is 35.5. The molecule has 3 aromatic heterocycles. The standard InChI is InChI=1S/C22H20N4OS2.2ClH/c1-15(2)19-14-28-22(25-19)26-21-20(27-16-6-4-3-5-7-16)12-18(13-24-21)29-17-8-10-23-11-9-17;;/h3-15H,1-2H3,(H,24,25,26);2*1H. The third-order valence-electron chi connectivity index (χ3n) is 4.02. The summed E-state index contributed by atoms with van der Waals surface area (Å²) >= 11 is 3.18. The van der Waals surface area contributed by atoms with Gasteiger partial charge in [0.15, 0.2) is 16.7 Å². The van der Waals surface area contributed by atoms with Crippen molar-refractivity contribution in [2.75, 3.05) is 5.32 Å². The number of anilines is 2. The molecule has 0 spiro atoms. The molecule has 0 saturated carbocycles. The van der Waals surface area contributed by atoms with E-state index < -0.39 is 0 Å². The van der Waals surface area contributed by atoms with E-state index in [2.05, 4.69) is 39.5 Å². The zero-order chi connectivity index (χ0) is 20.1. The average Bonchev–Trinajstić information content (AvgIpc) is 3.21. The highest BCUT2D eigenvalue weighted by molar-refractivity contribution is 7.99. The summed E-state index contributed by atoms with van der Waals surface area (Å²) in [6.45, 7) is 4.26. The molecule has 0 unspecified atom stereocenters. The summed E-state index contributed by atoms with van der Waals surface area (Å²) in [5.41, 5.74) is 1.06. The number of pyridine rings is 2. The molecule has 3 heterocycles. The van der Waals surface area contributed by atoms with E-state index in [0.717, 1.165) is 26.4 Å². The fourth-order valence-electron chi connectivity index (χ4n) is 2.52. The topological polar surface area (TPSA) is 59.9 Å². The third kappa shape index (κ3) is 6.83. The van der Waals surface area contributed by atoms with E-state index >= 15 is 0 Å². The van der Waals surface area contributed by atoms with Crippen LogP contribution in [0.15, 0.2) is 82.3 Å². The lowest BCUT2D eigenvalue weighted by Gasteiger charge is -2.12. The molecule has 31 heavy (non-hydrogen) atoms. The van der Waals surface area contributed by atoms with Gasteiger partial charge in [0.05, 0.1) is 5.69 Å². The van der Waals surface area contributed by atoms with E-state index in [9.17, 15) is 0 Å². The monoisotopic (exact) mass is 492 g/mol. The van der Waals surface area contributed by atoms with Gasteiger partial charge in [0.25, 0.3) is 0 Å². The summed E-state index contributed by atoms with van der Waals surface area (Å²) in [7, 11) is 0. The molecule has 9 heteroatoms. The molecule has 4 rings (SSSR count). The Hall–Kier alpha value is -2.32. The number of para-hydroxylation sites is 1. The number of rotatable bonds is 7. The highest BCUT2D eigenvalue weighted by Gasteiger charge is 2.13. The quantitative estimate of drug-likeness (QED) is 0.286. The predicted molar refractivity (Wildman–Crippen MR) is 133 cm³/mol. The van der Waals surface area contributed by atoms with Gasteiger partial charge in [-0.15, -0.1) is 36.2 Å². The van der Waals surface area contributed by atoms with E-state index in [4.69, 9.17) is 4.74 Å². The van der Waals surface area contributed by atoms with Crippen LogP contribution in [0.4, 0.5) is 10.9 Å². The molecular formula is C22H22Cl2N4OS2. The molecular weight excluding hydrogens is 471 g/mol. The average molecular weight is 493 g/mol. The second-order valence-corrected chi connectivity index (χ2v) is 8.58. The van der Waals surface area contributed by atoms with Gasteiger partial charge >= 0.3 is 0 Å². The van der Waals surface area contributed by atoms with Gasteiger partial charge < -0.3 is 10.1 Å². The van der Waals surface area contributed by atoms with Crippen LogP contribution in [0.3, 0.4) is 0 Å². The number of halogens is 2. The van der Waals surface area contributed by atoms with Gasteiger partial charge in [0.1, 0.15) is 5.75 Å². The summed E-state index contributed by atoms with van der Waals surface area (Å²) in [5, 5.41) is 6.18. The number of nitrogens with zero attached hydrogens (tertiary/aromatic N) is 3. The zero-order valence-corrected chi connectivity index (χ0v) is 20.2. The Balaban J connectivity index is 0.00000171. The Morgan fingerprint density at radius 3 is 2.42 bits per heavy atom. The summed E-state index contributed by atoms with van der Waals surface area (Å²) in [5.74, 6) is 2.42. The number of ether oxygens (including phenoxy) is 1. The minimum Gasteiger partial charge on any atom is -0.453 e. The SMILES string of the molecule is CC(C)c1csc(Nc2ncc(Sc3ccncc3)cc2Oc2ccccc2)n1.Cl.Cl. The van der Waals surface area contributed by atoms with E-state index in [-0.39, 0.29) is 24.8 Å². The lowest BCUT2D eigenvalue weighted by Crippen LogP contribution is -1.98. The van der Waals surface area contributed by atoms with Crippen LogP contribution in [-0.2, 0) is 0 Å². The van der Waals surface area contributed by atoms with Crippen molar-refractivity contribution in [1.82, 2.24) is 15.0 Å². The second kappa shape index (κ2) is 11.9. The number of hydrogen-bond acceptors (Lipinski definition) is 7. The first-order chi connectivity index (χ1) is 14.2. The number of nitrogens with one attached hydrogen (secondary N) is 1. The molecule has 0 atom stereocenters. The first kappa shape index (κ1) is 24.9. The van der Waals surface area contributed by atoms with Gasteiger partial charge in [-0.2, -0.15) is 0 Å². The van der Waals surface area contributed by atoms with Crippen molar-refractivity contribution >= 4 is 58.9 Å². The van der Waals surface area contributed by atoms with Crippen molar-refractivity contribution in [2.24, 2.45) is 0 Å². The summed E-state index contributed by atoms with van der Waals surface area (Å²) in [6, 6.07) is 15.6. The van der Waals surface area contributed by atoms with Crippen LogP contribution in [0.1, 0.15) is 25.5 Å². The highest BCUT2D eigenvalue weighted by Crippen LogP contribution is 2.36. The zero-order valence-electron chi connectivity index (χ0n) is 16.9. The smallest absolute Gasteiger partial charge is 0.188 e. The molecule has 0 aliphatic carbocycles. The Morgan fingerprint density at radius 2 is 1.74 bits per heavy atom. The first-order valence-corrected chi connectivity index (χ1v) is 10.9. The van der Waals surface area contributed by atoms with E-state index in [1.54, 1.807) is 35.5 Å². The van der Waals surface area contributed by atoms with Crippen molar-refractivity contribution in [3.8, 4) is 11.5 Å². The minimum absolute atomic E-state index is 0. The molecule has 0 amide bonds. The number of benzene rings is 1. The molecule has 0 fully saturated rings. The Labute approximate surface area is 202 Å². The molecule has 1 N–H and O–H groups in total. The number of thiazole rings is 1. The summed E-state index contributed by atoms with van der Waals surface area (Å²) in [6.07, 6.45) is 5.39. The van der Waals surface area contributed by atoms with Gasteiger partial charge in [-0.25, -0.2) is 9.97 Å². The van der Waals surface area contributed by atoms with Crippen LogP contribution in [0.5, 0.6) is 11.5 Å². The molecule has 5 nitrogen and oxygen atoms in total. The first-order valence-electron chi connectivity index (χ1n) is 9.20. The maximum absolute atomic E-state index is 6.14. The van der Waals surface area contributed by atoms with Crippen molar-refractivity contribution in [3.05, 3.63) is 78.2 Å². The molecule has 1 aromatic carbocycles. The van der Waals surface area contributed by atoms with E-state index in [1.807, 2.05) is 54.7 Å². The van der Waals surface area contributed by atoms with Crippen LogP contribution in [0.25, 0.3) is 0 Å². The molecule has 4 aromatic rings. The normalized spacial score (nSPS) is 10.2. The van der Waals surface area contributed by atoms with Gasteiger partial charge in [-0.3, -0.25) is 4.98 Å². The second-order valence-electron chi connectivity index (χ2n) is 6.58. The third-order valence-corrected chi connectivity index (χ3v) is 5.77. The van der Waals surface area contributed by atoms with E-state index in [1.165, 1.54) is 0 Å². The predicted octanol–water partition coefficient (Wildman–Crippen LogP) is 7.59. The lowest BCUT2D eigenvalue weighted by atomic mass is 10.2. The van der Waals surface area contributed by atoms with Crippen LogP contribution >= 0.6 is 47.9 Å². The van der Waals surface area contributed by atoms with E-state index in [0.29, 0.717) is 17.5 Å². The van der Waals surface area contributed by atoms with Crippen molar-refractivity contribution < 1.29 is 4.74 Å². The summed E-state index contributed by atoms with van der Waals surface area (Å²) in [4.78, 5) is 15.4. The molecule has 0 saturated heterocycles. The van der Waals surface area contributed by atoms with Crippen LogP contribution in [0, 0.1) is 0 Å². The van der Waals surface area contributed by atoms with Crippen molar-refractivity contribution in [3.63, 3.8) is 0 Å². The fraction of sp³-hybridized carbons (Fsp3) is 0.136. The number of aromatic nitrogens is 3. The van der Waals surface area contributed by atoms with Gasteiger partial charge in [0.2, 0.25) is 0 Å². The van der Waals surface area contributed by atoms with Crippen LogP contribution in [-0.4, -0.2) is 15.0 Å². The van der Waals surface area contributed by atoms with Gasteiger partial charge in [-0.1, -0.05) is 43.8 Å². The molecule has 162 valence electrons. The fourth-order valence-corrected chi connectivity index (χ4v) is 4.19. The largest absolute Gasteiger partial charge is 0.453 e. The maximum atomic E-state index is 6.14. The van der Waals surface area contributed by atoms with Crippen molar-refractivity contribution in [2.45, 2.75) is 29.6 Å². The number of hydrogen-bond donors (Lipinski definition) is 1.